The van der Waals surface area contributed by atoms with Gasteiger partial charge in [0.1, 0.15) is 0 Å². The Labute approximate surface area is 167 Å². The topological polar surface area (TPSA) is 58.6 Å². The van der Waals surface area contributed by atoms with Gasteiger partial charge in [-0.3, -0.25) is 9.59 Å². The van der Waals surface area contributed by atoms with E-state index in [1.807, 2.05) is 17.0 Å². The van der Waals surface area contributed by atoms with Crippen LogP contribution in [0.15, 0.2) is 24.3 Å². The van der Waals surface area contributed by atoms with Gasteiger partial charge in [0, 0.05) is 44.7 Å². The Bertz CT molecular complexity index is 714. The van der Waals surface area contributed by atoms with Crippen LogP contribution in [0.1, 0.15) is 43.2 Å². The van der Waals surface area contributed by atoms with E-state index in [1.54, 1.807) is 0 Å². The number of aryl methyl sites for hydroxylation is 2. The number of carbonyl (C=O) groups is 2. The molecule has 152 valence electrons. The largest absolute Gasteiger partial charge is 0.381 e. The van der Waals surface area contributed by atoms with Crippen LogP contribution in [-0.4, -0.2) is 49.1 Å². The molecule has 0 spiro atoms. The van der Waals surface area contributed by atoms with E-state index in [2.05, 4.69) is 24.4 Å². The van der Waals surface area contributed by atoms with E-state index < -0.39 is 0 Å². The average Bonchev–Trinajstić information content (AvgIpc) is 2.69. The first-order chi connectivity index (χ1) is 13.6. The molecule has 1 aromatic rings. The number of benzene rings is 1. The molecular weight excluding hydrogens is 352 g/mol. The predicted molar refractivity (Wildman–Crippen MR) is 108 cm³/mol. The smallest absolute Gasteiger partial charge is 0.223 e. The zero-order valence-electron chi connectivity index (χ0n) is 16.9. The van der Waals surface area contributed by atoms with E-state index in [-0.39, 0.29) is 23.8 Å². The van der Waals surface area contributed by atoms with Crippen LogP contribution in [-0.2, 0) is 20.7 Å². The van der Waals surface area contributed by atoms with Crippen LogP contribution in [0.2, 0.25) is 0 Å². The second-order valence-electron chi connectivity index (χ2n) is 8.72. The van der Waals surface area contributed by atoms with Gasteiger partial charge in [-0.05, 0) is 62.0 Å². The van der Waals surface area contributed by atoms with Crippen molar-refractivity contribution in [2.45, 2.75) is 51.5 Å². The minimum Gasteiger partial charge on any atom is -0.381 e. The molecule has 3 aliphatic rings. The van der Waals surface area contributed by atoms with E-state index in [9.17, 15) is 9.59 Å². The van der Waals surface area contributed by atoms with E-state index >= 15 is 0 Å². The van der Waals surface area contributed by atoms with Gasteiger partial charge in [0.05, 0.1) is 0 Å². The summed E-state index contributed by atoms with van der Waals surface area (Å²) in [6.07, 6.45) is 5.21. The Morgan fingerprint density at radius 2 is 1.96 bits per heavy atom. The highest BCUT2D eigenvalue weighted by Crippen LogP contribution is 2.45. The second kappa shape index (κ2) is 8.64. The van der Waals surface area contributed by atoms with Crippen LogP contribution in [0.4, 0.5) is 0 Å². The lowest BCUT2D eigenvalue weighted by atomic mass is 9.61. The number of hydrogen-bond acceptors (Lipinski definition) is 3. The predicted octanol–water partition coefficient (Wildman–Crippen LogP) is 2.71. The lowest BCUT2D eigenvalue weighted by molar-refractivity contribution is -0.146. The zero-order chi connectivity index (χ0) is 19.5. The maximum atomic E-state index is 12.8. The van der Waals surface area contributed by atoms with Crippen molar-refractivity contribution in [1.82, 2.24) is 10.2 Å². The molecule has 2 saturated heterocycles. The first-order valence-electron chi connectivity index (χ1n) is 10.8. The molecule has 1 aliphatic carbocycles. The average molecular weight is 385 g/mol. The summed E-state index contributed by atoms with van der Waals surface area (Å²) in [5, 5.41) is 3.23. The summed E-state index contributed by atoms with van der Waals surface area (Å²) >= 11 is 0. The van der Waals surface area contributed by atoms with E-state index in [0.717, 1.165) is 58.4 Å². The molecule has 2 amide bonds. The molecule has 3 atom stereocenters. The van der Waals surface area contributed by atoms with Crippen molar-refractivity contribution in [3.8, 4) is 0 Å². The molecule has 0 bridgehead atoms. The molecule has 0 radical (unpaired) electrons. The van der Waals surface area contributed by atoms with Crippen molar-refractivity contribution in [3.05, 3.63) is 35.4 Å². The third kappa shape index (κ3) is 4.24. The quantitative estimate of drug-likeness (QED) is 0.849. The molecular formula is C23H32N2O3. The summed E-state index contributed by atoms with van der Waals surface area (Å²) in [5.41, 5.74) is 2.50. The number of fused-ring (bicyclic) bond motifs is 1. The number of nitrogens with one attached hydrogen (secondary N) is 1. The maximum absolute atomic E-state index is 12.8. The number of amides is 2. The van der Waals surface area contributed by atoms with Crippen LogP contribution in [0.3, 0.4) is 0 Å². The SMILES string of the molecule is Cc1ccccc1CCC(=O)N1CC[C@@H]2C[C@@H](C(=O)NC3CCOCC3)[C@@H]2C1. The van der Waals surface area contributed by atoms with Gasteiger partial charge < -0.3 is 15.0 Å². The van der Waals surface area contributed by atoms with Crippen molar-refractivity contribution in [2.75, 3.05) is 26.3 Å². The lowest BCUT2D eigenvalue weighted by Crippen LogP contribution is -2.57. The molecule has 4 rings (SSSR count). The normalized spacial score (nSPS) is 27.6. The fraction of sp³-hybridized carbons (Fsp3) is 0.652. The highest BCUT2D eigenvalue weighted by Gasteiger charge is 2.48. The second-order valence-corrected chi connectivity index (χ2v) is 8.72. The van der Waals surface area contributed by atoms with Crippen molar-refractivity contribution < 1.29 is 14.3 Å². The van der Waals surface area contributed by atoms with Gasteiger partial charge in [0.15, 0.2) is 0 Å². The summed E-state index contributed by atoms with van der Waals surface area (Å²) in [6, 6.07) is 8.54. The molecule has 5 nitrogen and oxygen atoms in total. The fourth-order valence-corrected chi connectivity index (χ4v) is 5.05. The standard InChI is InChI=1S/C23H32N2O3/c1-16-4-2-3-5-17(16)6-7-22(26)25-11-8-18-14-20(21(18)15-25)23(27)24-19-9-12-28-13-10-19/h2-5,18-21H,6-15H2,1H3,(H,24,27)/t18-,20-,21-/m1/s1. The molecule has 0 aromatic heterocycles. The third-order valence-electron chi connectivity index (χ3n) is 7.01. The van der Waals surface area contributed by atoms with E-state index in [4.69, 9.17) is 4.74 Å². The van der Waals surface area contributed by atoms with Gasteiger partial charge in [-0.25, -0.2) is 0 Å². The summed E-state index contributed by atoms with van der Waals surface area (Å²) in [5.74, 6) is 1.47. The van der Waals surface area contributed by atoms with Crippen molar-refractivity contribution in [2.24, 2.45) is 17.8 Å². The summed E-state index contributed by atoms with van der Waals surface area (Å²) in [4.78, 5) is 27.5. The van der Waals surface area contributed by atoms with Crippen LogP contribution < -0.4 is 5.32 Å². The van der Waals surface area contributed by atoms with Gasteiger partial charge in [-0.1, -0.05) is 24.3 Å². The van der Waals surface area contributed by atoms with Crippen molar-refractivity contribution in [3.63, 3.8) is 0 Å². The first kappa shape index (κ1) is 19.4. The molecule has 1 aromatic carbocycles. The highest BCUT2D eigenvalue weighted by atomic mass is 16.5. The number of rotatable bonds is 5. The maximum Gasteiger partial charge on any atom is 0.223 e. The third-order valence-corrected chi connectivity index (χ3v) is 7.01. The first-order valence-corrected chi connectivity index (χ1v) is 10.8. The molecule has 3 fully saturated rings. The van der Waals surface area contributed by atoms with Gasteiger partial charge in [-0.15, -0.1) is 0 Å². The number of nitrogens with zero attached hydrogens (tertiary/aromatic N) is 1. The number of ether oxygens (including phenoxy) is 1. The summed E-state index contributed by atoms with van der Waals surface area (Å²) in [7, 11) is 0. The van der Waals surface area contributed by atoms with Crippen LogP contribution >= 0.6 is 0 Å². The Balaban J connectivity index is 1.27. The Morgan fingerprint density at radius 3 is 2.75 bits per heavy atom. The van der Waals surface area contributed by atoms with E-state index in [0.29, 0.717) is 18.3 Å². The Morgan fingerprint density at radius 1 is 1.18 bits per heavy atom. The number of likely N-dealkylation sites (tertiary alicyclic amines) is 1. The number of hydrogen-bond donors (Lipinski definition) is 1. The molecule has 0 unspecified atom stereocenters. The van der Waals surface area contributed by atoms with Gasteiger partial charge in [-0.2, -0.15) is 0 Å². The van der Waals surface area contributed by atoms with Crippen LogP contribution in [0.25, 0.3) is 0 Å². The number of piperidine rings is 1. The number of carbonyl (C=O) groups excluding carboxylic acids is 2. The van der Waals surface area contributed by atoms with Crippen LogP contribution in [0.5, 0.6) is 0 Å². The van der Waals surface area contributed by atoms with E-state index in [1.165, 1.54) is 11.1 Å². The zero-order valence-corrected chi connectivity index (χ0v) is 16.9. The molecule has 2 heterocycles. The van der Waals surface area contributed by atoms with Gasteiger partial charge in [0.25, 0.3) is 0 Å². The minimum atomic E-state index is 0.0832. The summed E-state index contributed by atoms with van der Waals surface area (Å²) < 4.78 is 5.38. The molecule has 28 heavy (non-hydrogen) atoms. The van der Waals surface area contributed by atoms with Gasteiger partial charge in [0.2, 0.25) is 11.8 Å². The molecule has 5 heteroatoms. The highest BCUT2D eigenvalue weighted by molar-refractivity contribution is 5.81. The monoisotopic (exact) mass is 384 g/mol. The Kier molecular flexibility index (Phi) is 6.00. The molecule has 1 N–H and O–H groups in total. The summed E-state index contributed by atoms with van der Waals surface area (Å²) in [6.45, 7) is 5.18. The van der Waals surface area contributed by atoms with Crippen LogP contribution in [0, 0.1) is 24.7 Å². The molecule has 2 aliphatic heterocycles. The molecule has 1 saturated carbocycles. The fourth-order valence-electron chi connectivity index (χ4n) is 5.05. The lowest BCUT2D eigenvalue weighted by Gasteiger charge is -2.50. The minimum absolute atomic E-state index is 0.0832. The Hall–Kier alpha value is -1.88. The van der Waals surface area contributed by atoms with Crippen molar-refractivity contribution in [1.29, 1.82) is 0 Å². The van der Waals surface area contributed by atoms with Gasteiger partial charge >= 0.3 is 0 Å². The van der Waals surface area contributed by atoms with Crippen molar-refractivity contribution >= 4 is 11.8 Å².